The van der Waals surface area contributed by atoms with Gasteiger partial charge in [0.1, 0.15) is 6.26 Å². The largest absolute Gasteiger partial charge is 0.364 e. The molecule has 1 N–H and O–H groups in total. The van der Waals surface area contributed by atoms with E-state index < -0.39 is 0 Å². The van der Waals surface area contributed by atoms with Gasteiger partial charge in [0.05, 0.1) is 5.69 Å². The molecule has 26 heavy (non-hydrogen) atoms. The van der Waals surface area contributed by atoms with Crippen LogP contribution in [0.15, 0.2) is 40.3 Å². The topological polar surface area (TPSA) is 69.8 Å². The third-order valence-electron chi connectivity index (χ3n) is 4.57. The lowest BCUT2D eigenvalue weighted by Crippen LogP contribution is -2.52. The quantitative estimate of drug-likeness (QED) is 0.409. The minimum Gasteiger partial charge on any atom is -0.364 e. The van der Waals surface area contributed by atoms with Gasteiger partial charge in [-0.15, -0.1) is 24.0 Å². The highest BCUT2D eigenvalue weighted by atomic mass is 127. The van der Waals surface area contributed by atoms with Crippen molar-refractivity contribution in [3.05, 3.63) is 47.6 Å². The molecular weight excluding hydrogens is 443 g/mol. The normalized spacial score (nSPS) is 15.6. The van der Waals surface area contributed by atoms with Gasteiger partial charge in [-0.2, -0.15) is 0 Å². The van der Waals surface area contributed by atoms with Gasteiger partial charge in [-0.3, -0.25) is 14.9 Å². The Balaban J connectivity index is 0.00000243. The Morgan fingerprint density at radius 2 is 2.08 bits per heavy atom. The third-order valence-corrected chi connectivity index (χ3v) is 4.57. The Bertz CT molecular complexity index is 683. The minimum atomic E-state index is 0. The minimum absolute atomic E-state index is 0. The molecule has 1 fully saturated rings. The van der Waals surface area contributed by atoms with Crippen LogP contribution in [0.5, 0.6) is 0 Å². The van der Waals surface area contributed by atoms with Crippen molar-refractivity contribution < 1.29 is 4.52 Å². The third kappa shape index (κ3) is 5.66. The summed E-state index contributed by atoms with van der Waals surface area (Å²) < 4.78 is 4.90. The van der Waals surface area contributed by atoms with Crippen molar-refractivity contribution >= 4 is 29.9 Å². The van der Waals surface area contributed by atoms with Gasteiger partial charge in [0.2, 0.25) is 0 Å². The second-order valence-corrected chi connectivity index (χ2v) is 6.28. The molecule has 3 rings (SSSR count). The van der Waals surface area contributed by atoms with Crippen LogP contribution in [0.25, 0.3) is 0 Å². The number of halogens is 1. The molecule has 0 aliphatic carbocycles. The average molecular weight is 470 g/mol. The Labute approximate surface area is 171 Å². The predicted molar refractivity (Wildman–Crippen MR) is 113 cm³/mol. The summed E-state index contributed by atoms with van der Waals surface area (Å²) in [6.07, 6.45) is 6.37. The molecule has 0 amide bonds. The van der Waals surface area contributed by atoms with Crippen LogP contribution in [0, 0.1) is 6.92 Å². The number of aromatic nitrogens is 2. The number of hydrogen-bond acceptors (Lipinski definition) is 5. The molecule has 0 aromatic carbocycles. The molecule has 2 aromatic rings. The molecule has 2 aromatic heterocycles. The number of nitrogens with one attached hydrogen (secondary N) is 1. The fraction of sp³-hybridized carbons (Fsp3) is 0.500. The van der Waals surface area contributed by atoms with E-state index in [9.17, 15) is 0 Å². The number of pyridine rings is 1. The second-order valence-electron chi connectivity index (χ2n) is 6.28. The molecule has 0 radical (unpaired) electrons. The lowest BCUT2D eigenvalue weighted by molar-refractivity contribution is 0.169. The summed E-state index contributed by atoms with van der Waals surface area (Å²) >= 11 is 0. The first-order valence-electron chi connectivity index (χ1n) is 8.73. The SMILES string of the molecule is CN=C(NCCc1ccncc1C)N1CCN(Cc2ccon2)CC1.I. The maximum Gasteiger partial charge on any atom is 0.193 e. The lowest BCUT2D eigenvalue weighted by atomic mass is 10.1. The monoisotopic (exact) mass is 470 g/mol. The van der Waals surface area contributed by atoms with E-state index in [1.54, 1.807) is 6.26 Å². The van der Waals surface area contributed by atoms with Gasteiger partial charge in [-0.25, -0.2) is 0 Å². The van der Waals surface area contributed by atoms with Gasteiger partial charge in [0.15, 0.2) is 5.96 Å². The Hall–Kier alpha value is -1.68. The highest BCUT2D eigenvalue weighted by Crippen LogP contribution is 2.08. The Morgan fingerprint density at radius 3 is 2.73 bits per heavy atom. The van der Waals surface area contributed by atoms with Gasteiger partial charge in [-0.05, 0) is 30.5 Å². The van der Waals surface area contributed by atoms with E-state index in [4.69, 9.17) is 4.52 Å². The Kier molecular flexibility index (Phi) is 8.30. The van der Waals surface area contributed by atoms with Crippen LogP contribution in [-0.4, -0.2) is 65.7 Å². The van der Waals surface area contributed by atoms with E-state index in [1.165, 1.54) is 11.1 Å². The molecule has 142 valence electrons. The summed E-state index contributed by atoms with van der Waals surface area (Å²) in [5.74, 6) is 0.979. The van der Waals surface area contributed by atoms with Crippen molar-refractivity contribution in [3.8, 4) is 0 Å². The highest BCUT2D eigenvalue weighted by molar-refractivity contribution is 14.0. The fourth-order valence-electron chi connectivity index (χ4n) is 3.09. The summed E-state index contributed by atoms with van der Waals surface area (Å²) in [5.41, 5.74) is 3.56. The zero-order chi connectivity index (χ0) is 17.5. The molecular formula is C18H27IN6O. The van der Waals surface area contributed by atoms with E-state index in [0.29, 0.717) is 0 Å². The molecule has 0 atom stereocenters. The van der Waals surface area contributed by atoms with Crippen LogP contribution in [0.2, 0.25) is 0 Å². The summed E-state index contributed by atoms with van der Waals surface area (Å²) in [4.78, 5) is 13.3. The van der Waals surface area contributed by atoms with Crippen molar-refractivity contribution in [3.63, 3.8) is 0 Å². The van der Waals surface area contributed by atoms with E-state index in [2.05, 4.69) is 43.2 Å². The van der Waals surface area contributed by atoms with Crippen LogP contribution >= 0.6 is 24.0 Å². The standard InChI is InChI=1S/C18H26N6O.HI/c1-15-13-20-6-3-16(15)4-7-21-18(19-2)24-10-8-23(9-11-24)14-17-5-12-25-22-17;/h3,5-6,12-13H,4,7-11,14H2,1-2H3,(H,19,21);1H. The van der Waals surface area contributed by atoms with Crippen LogP contribution < -0.4 is 5.32 Å². The molecule has 0 spiro atoms. The van der Waals surface area contributed by atoms with E-state index in [-0.39, 0.29) is 24.0 Å². The van der Waals surface area contributed by atoms with E-state index >= 15 is 0 Å². The number of guanidine groups is 1. The first-order chi connectivity index (χ1) is 12.3. The van der Waals surface area contributed by atoms with Crippen LogP contribution in [0.1, 0.15) is 16.8 Å². The van der Waals surface area contributed by atoms with E-state index in [1.807, 2.05) is 25.5 Å². The maximum atomic E-state index is 4.90. The molecule has 8 heteroatoms. The number of piperazine rings is 1. The van der Waals surface area contributed by atoms with Gasteiger partial charge in [0.25, 0.3) is 0 Å². The number of aryl methyl sites for hydroxylation is 1. The average Bonchev–Trinajstić information content (AvgIpc) is 3.14. The molecule has 1 saturated heterocycles. The number of nitrogens with zero attached hydrogens (tertiary/aromatic N) is 5. The summed E-state index contributed by atoms with van der Waals surface area (Å²) in [6.45, 7) is 7.74. The van der Waals surface area contributed by atoms with Crippen LogP contribution in [0.4, 0.5) is 0 Å². The smallest absolute Gasteiger partial charge is 0.193 e. The molecule has 7 nitrogen and oxygen atoms in total. The highest BCUT2D eigenvalue weighted by Gasteiger charge is 2.20. The van der Waals surface area contributed by atoms with E-state index in [0.717, 1.165) is 57.3 Å². The molecule has 0 bridgehead atoms. The first-order valence-corrected chi connectivity index (χ1v) is 8.73. The zero-order valence-electron chi connectivity index (χ0n) is 15.4. The number of hydrogen-bond donors (Lipinski definition) is 1. The van der Waals surface area contributed by atoms with Gasteiger partial charge in [0, 0.05) is 64.8 Å². The number of aliphatic imine (C=N–C) groups is 1. The van der Waals surface area contributed by atoms with Gasteiger partial charge in [-0.1, -0.05) is 5.16 Å². The second kappa shape index (κ2) is 10.5. The molecule has 3 heterocycles. The van der Waals surface area contributed by atoms with Crippen molar-refractivity contribution in [1.82, 2.24) is 25.3 Å². The molecule has 0 unspecified atom stereocenters. The molecule has 1 aliphatic rings. The van der Waals surface area contributed by atoms with Crippen LogP contribution in [-0.2, 0) is 13.0 Å². The summed E-state index contributed by atoms with van der Waals surface area (Å²) in [7, 11) is 1.85. The zero-order valence-corrected chi connectivity index (χ0v) is 17.7. The maximum absolute atomic E-state index is 4.90. The van der Waals surface area contributed by atoms with Crippen molar-refractivity contribution in [2.24, 2.45) is 4.99 Å². The fourth-order valence-corrected chi connectivity index (χ4v) is 3.09. The van der Waals surface area contributed by atoms with Crippen molar-refractivity contribution in [2.75, 3.05) is 39.8 Å². The van der Waals surface area contributed by atoms with Gasteiger partial charge < -0.3 is 14.7 Å². The Morgan fingerprint density at radius 1 is 1.27 bits per heavy atom. The molecule has 0 saturated carbocycles. The predicted octanol–water partition coefficient (Wildman–Crippen LogP) is 1.93. The van der Waals surface area contributed by atoms with Crippen LogP contribution in [0.3, 0.4) is 0 Å². The number of rotatable bonds is 5. The van der Waals surface area contributed by atoms with Gasteiger partial charge >= 0.3 is 0 Å². The molecule has 1 aliphatic heterocycles. The summed E-state index contributed by atoms with van der Waals surface area (Å²) in [5, 5.41) is 7.47. The lowest BCUT2D eigenvalue weighted by Gasteiger charge is -2.36. The van der Waals surface area contributed by atoms with Crippen molar-refractivity contribution in [2.45, 2.75) is 19.9 Å². The van der Waals surface area contributed by atoms with Crippen molar-refractivity contribution in [1.29, 1.82) is 0 Å². The first kappa shape index (κ1) is 20.6. The summed E-state index contributed by atoms with van der Waals surface area (Å²) in [6, 6.07) is 4.01.